The summed E-state index contributed by atoms with van der Waals surface area (Å²) in [7, 11) is 2.03. The molecule has 2 aliphatic rings. The summed E-state index contributed by atoms with van der Waals surface area (Å²) in [4.78, 5) is 0. The molecule has 1 aliphatic heterocycles. The largest absolute Gasteiger partial charge is 0.379 e. The first-order valence-corrected chi connectivity index (χ1v) is 5.73. The lowest BCUT2D eigenvalue weighted by molar-refractivity contribution is 0.169. The Morgan fingerprint density at radius 1 is 1.36 bits per heavy atom. The van der Waals surface area contributed by atoms with E-state index in [2.05, 4.69) is 17.6 Å². The Kier molecular flexibility index (Phi) is 3.10. The van der Waals surface area contributed by atoms with E-state index in [9.17, 15) is 0 Å². The van der Waals surface area contributed by atoms with Gasteiger partial charge in [0.1, 0.15) is 0 Å². The van der Waals surface area contributed by atoms with Crippen molar-refractivity contribution in [3.05, 3.63) is 0 Å². The Morgan fingerprint density at radius 3 is 2.71 bits per heavy atom. The van der Waals surface area contributed by atoms with E-state index in [4.69, 9.17) is 4.74 Å². The maximum atomic E-state index is 5.47. The van der Waals surface area contributed by atoms with Gasteiger partial charge in [-0.1, -0.05) is 0 Å². The van der Waals surface area contributed by atoms with Gasteiger partial charge in [0.05, 0.1) is 13.2 Å². The van der Waals surface area contributed by atoms with Gasteiger partial charge in [-0.25, -0.2) is 0 Å². The Hall–Kier alpha value is -0.120. The average molecular weight is 198 g/mol. The highest BCUT2D eigenvalue weighted by Gasteiger charge is 2.34. The molecule has 2 rings (SSSR count). The van der Waals surface area contributed by atoms with E-state index in [1.54, 1.807) is 0 Å². The van der Waals surface area contributed by atoms with Crippen LogP contribution in [0.2, 0.25) is 0 Å². The SMILES string of the molecule is CNC1COCC1CNC1(C)CCC1. The number of ether oxygens (including phenoxy) is 1. The van der Waals surface area contributed by atoms with Crippen LogP contribution in [0.25, 0.3) is 0 Å². The van der Waals surface area contributed by atoms with Gasteiger partial charge in [-0.05, 0) is 33.2 Å². The van der Waals surface area contributed by atoms with Gasteiger partial charge in [-0.2, -0.15) is 0 Å². The van der Waals surface area contributed by atoms with Crippen LogP contribution in [0, 0.1) is 5.92 Å². The molecular formula is C11H22N2O. The molecule has 3 heteroatoms. The van der Waals surface area contributed by atoms with Crippen LogP contribution in [0.15, 0.2) is 0 Å². The Morgan fingerprint density at radius 2 is 2.14 bits per heavy atom. The van der Waals surface area contributed by atoms with E-state index in [0.29, 0.717) is 17.5 Å². The van der Waals surface area contributed by atoms with Gasteiger partial charge in [0.15, 0.2) is 0 Å². The van der Waals surface area contributed by atoms with Crippen LogP contribution < -0.4 is 10.6 Å². The summed E-state index contributed by atoms with van der Waals surface area (Å²) in [5.74, 6) is 0.650. The molecule has 3 nitrogen and oxygen atoms in total. The minimum Gasteiger partial charge on any atom is -0.379 e. The van der Waals surface area contributed by atoms with Gasteiger partial charge < -0.3 is 15.4 Å². The highest BCUT2D eigenvalue weighted by molar-refractivity contribution is 4.93. The monoisotopic (exact) mass is 198 g/mol. The fourth-order valence-corrected chi connectivity index (χ4v) is 2.38. The van der Waals surface area contributed by atoms with Gasteiger partial charge in [-0.15, -0.1) is 0 Å². The molecule has 2 unspecified atom stereocenters. The normalized spacial score (nSPS) is 35.6. The first-order valence-electron chi connectivity index (χ1n) is 5.73. The van der Waals surface area contributed by atoms with Crippen molar-refractivity contribution in [2.75, 3.05) is 26.8 Å². The van der Waals surface area contributed by atoms with E-state index >= 15 is 0 Å². The third kappa shape index (κ3) is 2.10. The molecule has 2 N–H and O–H groups in total. The van der Waals surface area contributed by atoms with Crippen LogP contribution in [0.1, 0.15) is 26.2 Å². The van der Waals surface area contributed by atoms with Crippen LogP contribution in [-0.2, 0) is 4.74 Å². The summed E-state index contributed by atoms with van der Waals surface area (Å²) < 4.78 is 5.47. The zero-order chi connectivity index (χ0) is 10.0. The van der Waals surface area contributed by atoms with Gasteiger partial charge in [0.25, 0.3) is 0 Å². The maximum absolute atomic E-state index is 5.47. The molecule has 0 aromatic heterocycles. The molecule has 1 saturated heterocycles. The molecule has 0 aromatic rings. The number of hydrogen-bond donors (Lipinski definition) is 2. The third-order valence-electron chi connectivity index (χ3n) is 3.82. The summed E-state index contributed by atoms with van der Waals surface area (Å²) >= 11 is 0. The van der Waals surface area contributed by atoms with E-state index in [1.165, 1.54) is 19.3 Å². The highest BCUT2D eigenvalue weighted by Crippen LogP contribution is 2.31. The minimum absolute atomic E-state index is 0.431. The molecule has 0 bridgehead atoms. The first-order chi connectivity index (χ1) is 6.73. The molecule has 0 radical (unpaired) electrons. The summed E-state index contributed by atoms with van der Waals surface area (Å²) in [6.45, 7) is 5.22. The molecule has 14 heavy (non-hydrogen) atoms. The second-order valence-corrected chi connectivity index (χ2v) is 4.99. The summed E-state index contributed by atoms with van der Waals surface area (Å²) in [6, 6.07) is 0.547. The van der Waals surface area contributed by atoms with Crippen molar-refractivity contribution in [1.29, 1.82) is 0 Å². The molecule has 0 spiro atoms. The number of likely N-dealkylation sites (N-methyl/N-ethyl adjacent to an activating group) is 1. The topological polar surface area (TPSA) is 33.3 Å². The molecule has 0 amide bonds. The quantitative estimate of drug-likeness (QED) is 0.699. The fourth-order valence-electron chi connectivity index (χ4n) is 2.38. The van der Waals surface area contributed by atoms with Gasteiger partial charge >= 0.3 is 0 Å². The lowest BCUT2D eigenvalue weighted by Gasteiger charge is -2.40. The predicted octanol–water partition coefficient (Wildman–Crippen LogP) is 0.753. The molecule has 1 heterocycles. The maximum Gasteiger partial charge on any atom is 0.0623 e. The van der Waals surface area contributed by atoms with Crippen molar-refractivity contribution in [3.8, 4) is 0 Å². The summed E-state index contributed by atoms with van der Waals surface area (Å²) in [6.07, 6.45) is 4.07. The van der Waals surface area contributed by atoms with Gasteiger partial charge in [-0.3, -0.25) is 0 Å². The van der Waals surface area contributed by atoms with E-state index in [-0.39, 0.29) is 0 Å². The zero-order valence-corrected chi connectivity index (χ0v) is 9.31. The fraction of sp³-hybridized carbons (Fsp3) is 1.00. The number of hydrogen-bond acceptors (Lipinski definition) is 3. The van der Waals surface area contributed by atoms with Crippen molar-refractivity contribution in [2.24, 2.45) is 5.92 Å². The zero-order valence-electron chi connectivity index (χ0n) is 9.31. The van der Waals surface area contributed by atoms with Gasteiger partial charge in [0, 0.05) is 24.0 Å². The van der Waals surface area contributed by atoms with Crippen molar-refractivity contribution in [2.45, 2.75) is 37.8 Å². The van der Waals surface area contributed by atoms with E-state index < -0.39 is 0 Å². The molecule has 2 fully saturated rings. The van der Waals surface area contributed by atoms with Crippen molar-refractivity contribution in [1.82, 2.24) is 10.6 Å². The van der Waals surface area contributed by atoms with Crippen molar-refractivity contribution in [3.63, 3.8) is 0 Å². The Bertz CT molecular complexity index is 192. The lowest BCUT2D eigenvalue weighted by Crippen LogP contribution is -2.51. The lowest BCUT2D eigenvalue weighted by atomic mass is 9.78. The third-order valence-corrected chi connectivity index (χ3v) is 3.82. The molecule has 82 valence electrons. The van der Waals surface area contributed by atoms with E-state index in [1.807, 2.05) is 7.05 Å². The highest BCUT2D eigenvalue weighted by atomic mass is 16.5. The smallest absolute Gasteiger partial charge is 0.0623 e. The second-order valence-electron chi connectivity index (χ2n) is 4.99. The first kappa shape index (κ1) is 10.4. The van der Waals surface area contributed by atoms with Crippen LogP contribution >= 0.6 is 0 Å². The second kappa shape index (κ2) is 4.17. The van der Waals surface area contributed by atoms with Crippen LogP contribution in [0.5, 0.6) is 0 Å². The van der Waals surface area contributed by atoms with Crippen molar-refractivity contribution >= 4 is 0 Å². The van der Waals surface area contributed by atoms with Gasteiger partial charge in [0.2, 0.25) is 0 Å². The number of rotatable bonds is 4. The molecule has 2 atom stereocenters. The molecule has 1 saturated carbocycles. The van der Waals surface area contributed by atoms with Crippen LogP contribution in [-0.4, -0.2) is 38.4 Å². The molecule has 1 aliphatic carbocycles. The Balaban J connectivity index is 1.74. The van der Waals surface area contributed by atoms with Crippen LogP contribution in [0.3, 0.4) is 0 Å². The predicted molar refractivity (Wildman–Crippen MR) is 57.4 cm³/mol. The van der Waals surface area contributed by atoms with Crippen molar-refractivity contribution < 1.29 is 4.74 Å². The summed E-state index contributed by atoms with van der Waals surface area (Å²) in [5, 5.41) is 7.00. The van der Waals surface area contributed by atoms with E-state index in [0.717, 1.165) is 19.8 Å². The number of nitrogens with one attached hydrogen (secondary N) is 2. The molecular weight excluding hydrogens is 176 g/mol. The Labute approximate surface area is 86.6 Å². The average Bonchev–Trinajstić information content (AvgIpc) is 2.58. The van der Waals surface area contributed by atoms with Crippen LogP contribution in [0.4, 0.5) is 0 Å². The minimum atomic E-state index is 0.431. The summed E-state index contributed by atoms with van der Waals surface area (Å²) in [5.41, 5.74) is 0.431. The standard InChI is InChI=1S/C11H22N2O/c1-11(4-3-5-11)13-6-9-7-14-8-10(9)12-2/h9-10,12-13H,3-8H2,1-2H3. The molecule has 0 aromatic carbocycles.